The van der Waals surface area contributed by atoms with Gasteiger partial charge in [0.05, 0.1) is 17.6 Å². The molecule has 2 heterocycles. The molecule has 9 heteroatoms. The van der Waals surface area contributed by atoms with E-state index >= 15 is 0 Å². The van der Waals surface area contributed by atoms with Crippen LogP contribution in [-0.2, 0) is 9.53 Å². The predicted molar refractivity (Wildman–Crippen MR) is 107 cm³/mol. The number of nitrogens with zero attached hydrogens (tertiary/aromatic N) is 1. The zero-order valence-corrected chi connectivity index (χ0v) is 16.5. The number of imide groups is 1. The number of ether oxygens (including phenoxy) is 1. The molecule has 7 nitrogen and oxygen atoms in total. The Kier molecular flexibility index (Phi) is 6.27. The summed E-state index contributed by atoms with van der Waals surface area (Å²) < 4.78 is 4.61. The highest BCUT2D eigenvalue weighted by molar-refractivity contribution is 8.18. The fourth-order valence-corrected chi connectivity index (χ4v) is 4.04. The van der Waals surface area contributed by atoms with Crippen molar-refractivity contribution in [1.29, 1.82) is 0 Å². The highest BCUT2D eigenvalue weighted by atomic mass is 32.2. The van der Waals surface area contributed by atoms with Crippen molar-refractivity contribution in [3.05, 3.63) is 62.7 Å². The molecule has 0 spiro atoms. The summed E-state index contributed by atoms with van der Waals surface area (Å²) in [4.78, 5) is 50.4. The molecule has 2 aromatic rings. The lowest BCUT2D eigenvalue weighted by molar-refractivity contribution is -0.122. The van der Waals surface area contributed by atoms with Gasteiger partial charge in [-0.25, -0.2) is 4.79 Å². The maximum atomic E-state index is 12.4. The van der Waals surface area contributed by atoms with Crippen molar-refractivity contribution in [2.75, 3.05) is 20.2 Å². The Bertz CT molecular complexity index is 936. The largest absolute Gasteiger partial charge is 0.465 e. The van der Waals surface area contributed by atoms with Crippen LogP contribution in [0.5, 0.6) is 0 Å². The number of carbonyl (C=O) groups is 4. The molecular formula is C19H16N2O5S2. The summed E-state index contributed by atoms with van der Waals surface area (Å²) in [6.07, 6.45) is 1.69. The van der Waals surface area contributed by atoms with E-state index in [1.54, 1.807) is 6.08 Å². The second-order valence-corrected chi connectivity index (χ2v) is 7.65. The van der Waals surface area contributed by atoms with E-state index in [1.165, 1.54) is 42.7 Å². The lowest BCUT2D eigenvalue weighted by atomic mass is 10.1. The van der Waals surface area contributed by atoms with Crippen LogP contribution < -0.4 is 5.32 Å². The zero-order chi connectivity index (χ0) is 20.1. The summed E-state index contributed by atoms with van der Waals surface area (Å²) in [7, 11) is 1.28. The lowest BCUT2D eigenvalue weighted by Crippen LogP contribution is -2.37. The van der Waals surface area contributed by atoms with Gasteiger partial charge in [-0.3, -0.25) is 19.3 Å². The molecule has 1 N–H and O–H groups in total. The van der Waals surface area contributed by atoms with E-state index in [1.807, 2.05) is 17.5 Å². The van der Waals surface area contributed by atoms with Gasteiger partial charge in [0.1, 0.15) is 0 Å². The van der Waals surface area contributed by atoms with Gasteiger partial charge in [0, 0.05) is 23.5 Å². The number of hydrogen-bond donors (Lipinski definition) is 1. The topological polar surface area (TPSA) is 92.8 Å². The van der Waals surface area contributed by atoms with Crippen molar-refractivity contribution in [3.8, 4) is 0 Å². The molecule has 1 aliphatic rings. The first kappa shape index (κ1) is 19.8. The Morgan fingerprint density at radius 2 is 1.86 bits per heavy atom. The number of thioether (sulfide) groups is 1. The molecule has 0 saturated carbocycles. The third kappa shape index (κ3) is 4.49. The molecular weight excluding hydrogens is 400 g/mol. The average Bonchev–Trinajstić information content (AvgIpc) is 3.31. The van der Waals surface area contributed by atoms with Gasteiger partial charge in [0.2, 0.25) is 0 Å². The molecule has 0 aliphatic carbocycles. The third-order valence-electron chi connectivity index (χ3n) is 3.88. The summed E-state index contributed by atoms with van der Waals surface area (Å²) >= 11 is 2.37. The molecule has 0 unspecified atom stereocenters. The molecule has 144 valence electrons. The number of benzene rings is 1. The van der Waals surface area contributed by atoms with Crippen LogP contribution in [0, 0.1) is 0 Å². The van der Waals surface area contributed by atoms with E-state index in [9.17, 15) is 19.2 Å². The number of hydrogen-bond acceptors (Lipinski definition) is 7. The number of amides is 3. The van der Waals surface area contributed by atoms with Gasteiger partial charge >= 0.3 is 5.97 Å². The van der Waals surface area contributed by atoms with Crippen molar-refractivity contribution in [2.45, 2.75) is 0 Å². The van der Waals surface area contributed by atoms with Gasteiger partial charge in [-0.2, -0.15) is 0 Å². The van der Waals surface area contributed by atoms with E-state index in [2.05, 4.69) is 10.1 Å². The highest BCUT2D eigenvalue weighted by Crippen LogP contribution is 2.32. The molecule has 3 amide bonds. The summed E-state index contributed by atoms with van der Waals surface area (Å²) in [5, 5.41) is 4.20. The highest BCUT2D eigenvalue weighted by Gasteiger charge is 2.34. The SMILES string of the molecule is COC(=O)c1ccc(C(=O)NCCN2C(=O)SC(=Cc3cccs3)C2=O)cc1. The van der Waals surface area contributed by atoms with Crippen molar-refractivity contribution < 1.29 is 23.9 Å². The minimum Gasteiger partial charge on any atom is -0.465 e. The van der Waals surface area contributed by atoms with Gasteiger partial charge in [-0.15, -0.1) is 11.3 Å². The quantitative estimate of drug-likeness (QED) is 0.575. The first-order valence-corrected chi connectivity index (χ1v) is 9.94. The molecule has 0 atom stereocenters. The lowest BCUT2D eigenvalue weighted by Gasteiger charge is -2.13. The monoisotopic (exact) mass is 416 g/mol. The molecule has 0 radical (unpaired) electrons. The Balaban J connectivity index is 1.54. The first-order chi connectivity index (χ1) is 13.5. The van der Waals surface area contributed by atoms with Crippen molar-refractivity contribution >= 4 is 52.2 Å². The maximum Gasteiger partial charge on any atom is 0.337 e. The number of thiophene rings is 1. The fraction of sp³-hybridized carbons (Fsp3) is 0.158. The van der Waals surface area contributed by atoms with Crippen molar-refractivity contribution in [2.24, 2.45) is 0 Å². The average molecular weight is 416 g/mol. The van der Waals surface area contributed by atoms with Crippen LogP contribution in [0.4, 0.5) is 4.79 Å². The second-order valence-electron chi connectivity index (χ2n) is 5.67. The molecule has 3 rings (SSSR count). The third-order valence-corrected chi connectivity index (χ3v) is 5.61. The first-order valence-electron chi connectivity index (χ1n) is 8.25. The van der Waals surface area contributed by atoms with E-state index in [0.717, 1.165) is 21.5 Å². The standard InChI is InChI=1S/C19H16N2O5S2/c1-26-18(24)13-6-4-12(5-7-13)16(22)20-8-9-21-17(23)15(28-19(21)25)11-14-3-2-10-27-14/h2-7,10-11H,8-9H2,1H3,(H,20,22). The molecule has 28 heavy (non-hydrogen) atoms. The van der Waals surface area contributed by atoms with E-state index < -0.39 is 5.97 Å². The van der Waals surface area contributed by atoms with Crippen LogP contribution in [0.2, 0.25) is 0 Å². The summed E-state index contributed by atoms with van der Waals surface area (Å²) in [5.41, 5.74) is 0.703. The minimum atomic E-state index is -0.484. The van der Waals surface area contributed by atoms with Crippen LogP contribution in [0.3, 0.4) is 0 Å². The number of carbonyl (C=O) groups excluding carboxylic acids is 4. The number of nitrogens with one attached hydrogen (secondary N) is 1. The van der Waals surface area contributed by atoms with Crippen LogP contribution in [-0.4, -0.2) is 48.1 Å². The molecule has 1 saturated heterocycles. The number of esters is 1. The Morgan fingerprint density at radius 1 is 1.14 bits per heavy atom. The molecule has 1 aromatic heterocycles. The van der Waals surface area contributed by atoms with Crippen molar-refractivity contribution in [3.63, 3.8) is 0 Å². The van der Waals surface area contributed by atoms with Crippen LogP contribution in [0.25, 0.3) is 6.08 Å². The van der Waals surface area contributed by atoms with Gasteiger partial charge < -0.3 is 10.1 Å². The van der Waals surface area contributed by atoms with Crippen molar-refractivity contribution in [1.82, 2.24) is 10.2 Å². The summed E-state index contributed by atoms with van der Waals surface area (Å²) in [5.74, 6) is -1.21. The van der Waals surface area contributed by atoms with Gasteiger partial charge in [0.15, 0.2) is 0 Å². The van der Waals surface area contributed by atoms with E-state index in [-0.39, 0.29) is 30.1 Å². The Hall–Kier alpha value is -2.91. The van der Waals surface area contributed by atoms with Crippen LogP contribution in [0.1, 0.15) is 25.6 Å². The molecule has 1 aromatic carbocycles. The van der Waals surface area contributed by atoms with E-state index in [4.69, 9.17) is 0 Å². The second kappa shape index (κ2) is 8.85. The normalized spacial score (nSPS) is 15.2. The van der Waals surface area contributed by atoms with Crippen LogP contribution in [0.15, 0.2) is 46.7 Å². The Morgan fingerprint density at radius 3 is 2.50 bits per heavy atom. The number of methoxy groups -OCH3 is 1. The molecule has 1 fully saturated rings. The van der Waals surface area contributed by atoms with Gasteiger partial charge in [0.25, 0.3) is 17.1 Å². The van der Waals surface area contributed by atoms with Gasteiger partial charge in [-0.1, -0.05) is 6.07 Å². The molecule has 0 bridgehead atoms. The predicted octanol–water partition coefficient (Wildman–Crippen LogP) is 3.00. The summed E-state index contributed by atoms with van der Waals surface area (Å²) in [6, 6.07) is 9.73. The summed E-state index contributed by atoms with van der Waals surface area (Å²) in [6.45, 7) is 0.209. The minimum absolute atomic E-state index is 0.0818. The zero-order valence-electron chi connectivity index (χ0n) is 14.8. The fourth-order valence-electron chi connectivity index (χ4n) is 2.45. The van der Waals surface area contributed by atoms with Crippen LogP contribution >= 0.6 is 23.1 Å². The molecule has 1 aliphatic heterocycles. The smallest absolute Gasteiger partial charge is 0.337 e. The maximum absolute atomic E-state index is 12.4. The Labute approximate surface area is 169 Å². The number of rotatable bonds is 6. The van der Waals surface area contributed by atoms with E-state index in [0.29, 0.717) is 16.0 Å². The van der Waals surface area contributed by atoms with Gasteiger partial charge in [-0.05, 0) is 53.5 Å².